The van der Waals surface area contributed by atoms with Crippen molar-refractivity contribution in [2.45, 2.75) is 39.4 Å². The molecule has 0 heterocycles. The van der Waals surface area contributed by atoms with Crippen molar-refractivity contribution in [3.63, 3.8) is 0 Å². The lowest BCUT2D eigenvalue weighted by Gasteiger charge is -2.17. The van der Waals surface area contributed by atoms with Crippen molar-refractivity contribution in [2.75, 3.05) is 0 Å². The second-order valence-electron chi connectivity index (χ2n) is 3.30. The van der Waals surface area contributed by atoms with Gasteiger partial charge in [-0.05, 0) is 18.8 Å². The predicted octanol–water partition coefficient (Wildman–Crippen LogP) is 4.01. The molecule has 0 aliphatic heterocycles. The second-order valence-corrected chi connectivity index (χ2v) is 5.91. The van der Waals surface area contributed by atoms with Crippen LogP contribution in [0.2, 0.25) is 0 Å². The highest BCUT2D eigenvalue weighted by Crippen LogP contribution is 2.33. The van der Waals surface area contributed by atoms with Gasteiger partial charge in [0.2, 0.25) is 0 Å². The molecule has 0 aliphatic rings. The van der Waals surface area contributed by atoms with Crippen LogP contribution in [-0.4, -0.2) is 4.75 Å². The number of hydrogen-bond acceptors (Lipinski definition) is 1. The minimum absolute atomic E-state index is 0.278. The van der Waals surface area contributed by atoms with Crippen molar-refractivity contribution >= 4 is 23.4 Å². The van der Waals surface area contributed by atoms with E-state index < -0.39 is 0 Å². The van der Waals surface area contributed by atoms with Gasteiger partial charge in [-0.15, -0.1) is 11.8 Å². The number of rotatable bonds is 1. The molecule has 0 atom stereocenters. The maximum atomic E-state index is 5.79. The van der Waals surface area contributed by atoms with Crippen LogP contribution in [0, 0.1) is 0 Å². The lowest BCUT2D eigenvalue weighted by atomic mass is 10.3. The highest BCUT2D eigenvalue weighted by atomic mass is 35.5. The number of hydrogen-bond donors (Lipinski definition) is 0. The fraction of sp³-hybridized carbons (Fsp3) is 0.750. The van der Waals surface area contributed by atoms with Gasteiger partial charge >= 0.3 is 0 Å². The van der Waals surface area contributed by atoms with Crippen molar-refractivity contribution in [2.24, 2.45) is 0 Å². The molecule has 0 saturated carbocycles. The van der Waals surface area contributed by atoms with Crippen LogP contribution >= 0.6 is 23.4 Å². The summed E-state index contributed by atoms with van der Waals surface area (Å²) in [5, 5.41) is 0.903. The minimum atomic E-state index is 0.278. The third-order valence-corrected chi connectivity index (χ3v) is 2.56. The van der Waals surface area contributed by atoms with E-state index in [1.807, 2.05) is 18.7 Å². The summed E-state index contributed by atoms with van der Waals surface area (Å²) in [5.74, 6) is 0. The Hall–Kier alpha value is 0.380. The Morgan fingerprint density at radius 1 is 1.20 bits per heavy atom. The maximum Gasteiger partial charge on any atom is 0.0242 e. The Labute approximate surface area is 73.0 Å². The van der Waals surface area contributed by atoms with Crippen LogP contribution in [0.3, 0.4) is 0 Å². The summed E-state index contributed by atoms with van der Waals surface area (Å²) in [5.41, 5.74) is 0. The van der Waals surface area contributed by atoms with Gasteiger partial charge in [-0.25, -0.2) is 0 Å². The zero-order chi connectivity index (χ0) is 8.36. The predicted molar refractivity (Wildman–Crippen MR) is 51.6 cm³/mol. The maximum absolute atomic E-state index is 5.79. The van der Waals surface area contributed by atoms with Gasteiger partial charge in [0.1, 0.15) is 0 Å². The van der Waals surface area contributed by atoms with Gasteiger partial charge in [0.05, 0.1) is 0 Å². The van der Waals surface area contributed by atoms with Crippen molar-refractivity contribution in [1.29, 1.82) is 0 Å². The second kappa shape index (κ2) is 3.68. The third kappa shape index (κ3) is 5.19. The third-order valence-electron chi connectivity index (χ3n) is 0.944. The Balaban J connectivity index is 4.06. The molecule has 0 nitrogen and oxygen atoms in total. The summed E-state index contributed by atoms with van der Waals surface area (Å²) >= 11 is 7.61. The first-order valence-electron chi connectivity index (χ1n) is 3.35. The van der Waals surface area contributed by atoms with Gasteiger partial charge in [0, 0.05) is 9.78 Å². The summed E-state index contributed by atoms with van der Waals surface area (Å²) in [6.45, 7) is 10.5. The van der Waals surface area contributed by atoms with Gasteiger partial charge in [-0.2, -0.15) is 0 Å². The van der Waals surface area contributed by atoms with E-state index >= 15 is 0 Å². The van der Waals surface area contributed by atoms with Crippen LogP contribution in [0.5, 0.6) is 0 Å². The monoisotopic (exact) mass is 178 g/mol. The summed E-state index contributed by atoms with van der Waals surface area (Å²) in [6, 6.07) is 0. The van der Waals surface area contributed by atoms with Gasteiger partial charge in [-0.1, -0.05) is 32.4 Å². The molecular formula is C8H15ClS. The van der Waals surface area contributed by atoms with Gasteiger partial charge in [0.25, 0.3) is 0 Å². The topological polar surface area (TPSA) is 0 Å². The van der Waals surface area contributed by atoms with E-state index in [-0.39, 0.29) is 4.75 Å². The average molecular weight is 179 g/mol. The standard InChI is InChI=1S/C8H15ClS/c1-6(9)7(2)10-8(3,4)5/h1-5H3/b7-6+. The van der Waals surface area contributed by atoms with Crippen LogP contribution in [0.4, 0.5) is 0 Å². The molecule has 0 radical (unpaired) electrons. The summed E-state index contributed by atoms with van der Waals surface area (Å²) < 4.78 is 0.278. The molecule has 0 aromatic heterocycles. The van der Waals surface area contributed by atoms with Crippen LogP contribution in [0.25, 0.3) is 0 Å². The van der Waals surface area contributed by atoms with Crippen LogP contribution in [0.1, 0.15) is 34.6 Å². The van der Waals surface area contributed by atoms with Gasteiger partial charge in [-0.3, -0.25) is 0 Å². The lowest BCUT2D eigenvalue weighted by Crippen LogP contribution is -2.06. The molecule has 0 N–H and O–H groups in total. The molecule has 2 heteroatoms. The molecule has 0 aromatic rings. The quantitative estimate of drug-likeness (QED) is 0.585. The SMILES string of the molecule is C/C(Cl)=C(/C)SC(C)(C)C. The largest absolute Gasteiger partial charge is 0.124 e. The first kappa shape index (κ1) is 10.4. The fourth-order valence-electron chi connectivity index (χ4n) is 0.530. The normalized spacial score (nSPS) is 15.0. The first-order chi connectivity index (χ1) is 4.33. The zero-order valence-corrected chi connectivity index (χ0v) is 8.86. The highest BCUT2D eigenvalue weighted by molar-refractivity contribution is 8.04. The van der Waals surface area contributed by atoms with Crippen molar-refractivity contribution < 1.29 is 0 Å². The molecule has 0 rings (SSSR count). The molecule has 0 unspecified atom stereocenters. The van der Waals surface area contributed by atoms with E-state index in [0.29, 0.717) is 0 Å². The lowest BCUT2D eigenvalue weighted by molar-refractivity contribution is 0.806. The zero-order valence-electron chi connectivity index (χ0n) is 7.29. The Bertz CT molecular complexity index is 138. The smallest absolute Gasteiger partial charge is 0.0242 e. The highest BCUT2D eigenvalue weighted by Gasteiger charge is 2.11. The van der Waals surface area contributed by atoms with Crippen molar-refractivity contribution in [1.82, 2.24) is 0 Å². The molecule has 10 heavy (non-hydrogen) atoms. The van der Waals surface area contributed by atoms with Crippen molar-refractivity contribution in [3.8, 4) is 0 Å². The van der Waals surface area contributed by atoms with E-state index in [0.717, 1.165) is 5.03 Å². The Morgan fingerprint density at radius 3 is 1.70 bits per heavy atom. The van der Waals surface area contributed by atoms with Crippen LogP contribution in [0.15, 0.2) is 9.94 Å². The van der Waals surface area contributed by atoms with E-state index in [1.54, 1.807) is 0 Å². The van der Waals surface area contributed by atoms with Gasteiger partial charge in [0.15, 0.2) is 0 Å². The fourth-order valence-corrected chi connectivity index (χ4v) is 1.70. The number of thioether (sulfide) groups is 1. The van der Waals surface area contributed by atoms with E-state index in [2.05, 4.69) is 27.7 Å². The molecule has 0 fully saturated rings. The Kier molecular flexibility index (Phi) is 3.82. The molecule has 0 aliphatic carbocycles. The van der Waals surface area contributed by atoms with E-state index in [4.69, 9.17) is 11.6 Å². The number of allylic oxidation sites excluding steroid dienone is 2. The minimum Gasteiger partial charge on any atom is -0.124 e. The molecule has 0 amide bonds. The molecule has 0 saturated heterocycles. The van der Waals surface area contributed by atoms with Crippen LogP contribution in [-0.2, 0) is 0 Å². The van der Waals surface area contributed by atoms with Gasteiger partial charge < -0.3 is 0 Å². The molecule has 0 aromatic carbocycles. The van der Waals surface area contributed by atoms with E-state index in [1.165, 1.54) is 4.91 Å². The summed E-state index contributed by atoms with van der Waals surface area (Å²) in [6.07, 6.45) is 0. The Morgan fingerprint density at radius 2 is 1.60 bits per heavy atom. The number of halogens is 1. The van der Waals surface area contributed by atoms with Crippen molar-refractivity contribution in [3.05, 3.63) is 9.94 Å². The molecule has 60 valence electrons. The average Bonchev–Trinajstić information content (AvgIpc) is 1.60. The summed E-state index contributed by atoms with van der Waals surface area (Å²) in [4.78, 5) is 1.22. The summed E-state index contributed by atoms with van der Waals surface area (Å²) in [7, 11) is 0. The molecule has 0 spiro atoms. The van der Waals surface area contributed by atoms with Crippen LogP contribution < -0.4 is 0 Å². The van der Waals surface area contributed by atoms with E-state index in [9.17, 15) is 0 Å². The molecular weight excluding hydrogens is 164 g/mol. The molecule has 0 bridgehead atoms. The first-order valence-corrected chi connectivity index (χ1v) is 4.54.